The third-order valence-electron chi connectivity index (χ3n) is 4.06. The van der Waals surface area contributed by atoms with Crippen LogP contribution in [-0.2, 0) is 17.6 Å². The van der Waals surface area contributed by atoms with Crippen molar-refractivity contribution in [1.82, 2.24) is 15.6 Å². The molecule has 2 N–H and O–H groups in total. The maximum absolute atomic E-state index is 12.1. The Kier molecular flexibility index (Phi) is 4.49. The lowest BCUT2D eigenvalue weighted by Crippen LogP contribution is -2.39. The molecule has 2 aromatic rings. The van der Waals surface area contributed by atoms with Crippen LogP contribution in [0.5, 0.6) is 0 Å². The van der Waals surface area contributed by atoms with Gasteiger partial charge in [0.15, 0.2) is 0 Å². The van der Waals surface area contributed by atoms with Crippen LogP contribution >= 0.6 is 0 Å². The van der Waals surface area contributed by atoms with Gasteiger partial charge in [-0.05, 0) is 42.6 Å². The monoisotopic (exact) mass is 295 g/mol. The quantitative estimate of drug-likeness (QED) is 0.906. The van der Waals surface area contributed by atoms with Gasteiger partial charge in [-0.15, -0.1) is 0 Å². The molecule has 1 aliphatic heterocycles. The first kappa shape index (κ1) is 14.7. The Labute approximate surface area is 131 Å². The number of pyridine rings is 1. The maximum atomic E-state index is 12.1. The van der Waals surface area contributed by atoms with Crippen molar-refractivity contribution in [2.75, 3.05) is 13.1 Å². The number of rotatable bonds is 4. The summed E-state index contributed by atoms with van der Waals surface area (Å²) in [6.45, 7) is 3.52. The van der Waals surface area contributed by atoms with E-state index in [9.17, 15) is 4.79 Å². The van der Waals surface area contributed by atoms with Crippen molar-refractivity contribution in [2.24, 2.45) is 0 Å². The van der Waals surface area contributed by atoms with E-state index in [0.717, 1.165) is 24.2 Å². The van der Waals surface area contributed by atoms with Crippen molar-refractivity contribution in [2.45, 2.75) is 25.8 Å². The van der Waals surface area contributed by atoms with Gasteiger partial charge in [-0.25, -0.2) is 0 Å². The van der Waals surface area contributed by atoms with Gasteiger partial charge in [0.1, 0.15) is 0 Å². The van der Waals surface area contributed by atoms with E-state index in [1.807, 2.05) is 19.1 Å². The maximum Gasteiger partial charge on any atom is 0.224 e. The molecular weight excluding hydrogens is 274 g/mol. The second kappa shape index (κ2) is 6.71. The summed E-state index contributed by atoms with van der Waals surface area (Å²) in [6, 6.07) is 12.5. The number of aromatic nitrogens is 1. The Morgan fingerprint density at radius 3 is 3.00 bits per heavy atom. The minimum Gasteiger partial charge on any atom is -0.354 e. The number of aryl methyl sites for hydroxylation is 1. The Bertz CT molecular complexity index is 652. The average Bonchev–Trinajstić information content (AvgIpc) is 2.55. The van der Waals surface area contributed by atoms with E-state index >= 15 is 0 Å². The van der Waals surface area contributed by atoms with Crippen molar-refractivity contribution in [1.29, 1.82) is 0 Å². The normalized spacial score (nSPS) is 16.9. The van der Waals surface area contributed by atoms with Crippen LogP contribution < -0.4 is 10.6 Å². The fourth-order valence-electron chi connectivity index (χ4n) is 2.84. The zero-order valence-corrected chi connectivity index (χ0v) is 12.8. The molecule has 0 saturated carbocycles. The third kappa shape index (κ3) is 3.52. The van der Waals surface area contributed by atoms with E-state index < -0.39 is 0 Å². The number of carbonyl (C=O) groups is 1. The molecule has 0 aliphatic carbocycles. The highest BCUT2D eigenvalue weighted by Crippen LogP contribution is 2.21. The second-order valence-electron chi connectivity index (χ2n) is 5.74. The van der Waals surface area contributed by atoms with Crippen LogP contribution in [-0.4, -0.2) is 24.0 Å². The number of hydrogen-bond donors (Lipinski definition) is 2. The highest BCUT2D eigenvalue weighted by atomic mass is 16.1. The van der Waals surface area contributed by atoms with Gasteiger partial charge in [-0.3, -0.25) is 9.78 Å². The predicted molar refractivity (Wildman–Crippen MR) is 86.6 cm³/mol. The molecule has 0 saturated heterocycles. The number of fused-ring (bicyclic) bond motifs is 1. The molecule has 2 heterocycles. The standard InChI is InChI=1S/C18H21N3O/c1-13-6-7-14(11-20-13)10-18(22)21-12-17-16-5-3-2-4-15(16)8-9-19-17/h2-7,11,17,19H,8-10,12H2,1H3,(H,21,22). The molecule has 3 rings (SSSR count). The summed E-state index contributed by atoms with van der Waals surface area (Å²) in [7, 11) is 0. The van der Waals surface area contributed by atoms with Gasteiger partial charge in [-0.1, -0.05) is 30.3 Å². The Balaban J connectivity index is 1.56. The summed E-state index contributed by atoms with van der Waals surface area (Å²) in [4.78, 5) is 16.3. The van der Waals surface area contributed by atoms with Crippen molar-refractivity contribution in [3.63, 3.8) is 0 Å². The Morgan fingerprint density at radius 1 is 1.32 bits per heavy atom. The van der Waals surface area contributed by atoms with Gasteiger partial charge >= 0.3 is 0 Å². The first-order valence-corrected chi connectivity index (χ1v) is 7.72. The highest BCUT2D eigenvalue weighted by molar-refractivity contribution is 5.78. The number of amides is 1. The van der Waals surface area contributed by atoms with Gasteiger partial charge in [0.2, 0.25) is 5.91 Å². The molecule has 114 valence electrons. The van der Waals surface area contributed by atoms with Crippen LogP contribution in [0.3, 0.4) is 0 Å². The lowest BCUT2D eigenvalue weighted by atomic mass is 9.94. The zero-order chi connectivity index (χ0) is 15.4. The SMILES string of the molecule is Cc1ccc(CC(=O)NCC2NCCc3ccccc32)cn1. The van der Waals surface area contributed by atoms with Crippen molar-refractivity contribution < 1.29 is 4.79 Å². The Hall–Kier alpha value is -2.20. The van der Waals surface area contributed by atoms with Crippen LogP contribution in [0, 0.1) is 6.92 Å². The minimum absolute atomic E-state index is 0.0375. The van der Waals surface area contributed by atoms with E-state index in [4.69, 9.17) is 0 Å². The predicted octanol–water partition coefficient (Wildman–Crippen LogP) is 1.94. The van der Waals surface area contributed by atoms with Crippen LogP contribution in [0.1, 0.15) is 28.4 Å². The van der Waals surface area contributed by atoms with E-state index in [1.165, 1.54) is 11.1 Å². The molecular formula is C18H21N3O. The molecule has 0 fully saturated rings. The second-order valence-corrected chi connectivity index (χ2v) is 5.74. The van der Waals surface area contributed by atoms with Crippen LogP contribution in [0.2, 0.25) is 0 Å². The fraction of sp³-hybridized carbons (Fsp3) is 0.333. The number of hydrogen-bond acceptors (Lipinski definition) is 3. The van der Waals surface area contributed by atoms with Crippen LogP contribution in [0.15, 0.2) is 42.6 Å². The molecule has 0 bridgehead atoms. The van der Waals surface area contributed by atoms with Crippen LogP contribution in [0.25, 0.3) is 0 Å². The largest absolute Gasteiger partial charge is 0.354 e. The first-order chi connectivity index (χ1) is 10.7. The summed E-state index contributed by atoms with van der Waals surface area (Å²) in [5.74, 6) is 0.0375. The van der Waals surface area contributed by atoms with Gasteiger partial charge in [0, 0.05) is 24.5 Å². The summed E-state index contributed by atoms with van der Waals surface area (Å²) >= 11 is 0. The average molecular weight is 295 g/mol. The molecule has 1 aromatic carbocycles. The number of nitrogens with zero attached hydrogens (tertiary/aromatic N) is 1. The van der Waals surface area contributed by atoms with Gasteiger partial charge < -0.3 is 10.6 Å². The van der Waals surface area contributed by atoms with Crippen LogP contribution in [0.4, 0.5) is 0 Å². The van der Waals surface area contributed by atoms with E-state index in [1.54, 1.807) is 6.20 Å². The number of benzene rings is 1. The van der Waals surface area contributed by atoms with E-state index in [-0.39, 0.29) is 11.9 Å². The van der Waals surface area contributed by atoms with Gasteiger partial charge in [-0.2, -0.15) is 0 Å². The summed E-state index contributed by atoms with van der Waals surface area (Å²) in [5, 5.41) is 6.50. The number of carbonyl (C=O) groups excluding carboxylic acids is 1. The molecule has 1 unspecified atom stereocenters. The van der Waals surface area contributed by atoms with Gasteiger partial charge in [0.05, 0.1) is 6.42 Å². The number of nitrogens with one attached hydrogen (secondary N) is 2. The molecule has 1 atom stereocenters. The van der Waals surface area contributed by atoms with E-state index in [0.29, 0.717) is 13.0 Å². The fourth-order valence-corrected chi connectivity index (χ4v) is 2.84. The van der Waals surface area contributed by atoms with Crippen molar-refractivity contribution in [3.05, 3.63) is 65.0 Å². The van der Waals surface area contributed by atoms with Crippen molar-refractivity contribution in [3.8, 4) is 0 Å². The highest BCUT2D eigenvalue weighted by Gasteiger charge is 2.19. The first-order valence-electron chi connectivity index (χ1n) is 7.72. The summed E-state index contributed by atoms with van der Waals surface area (Å²) < 4.78 is 0. The Morgan fingerprint density at radius 2 is 2.18 bits per heavy atom. The lowest BCUT2D eigenvalue weighted by molar-refractivity contribution is -0.120. The molecule has 4 heteroatoms. The summed E-state index contributed by atoms with van der Waals surface area (Å²) in [5.41, 5.74) is 4.58. The molecule has 1 amide bonds. The van der Waals surface area contributed by atoms with Crippen molar-refractivity contribution >= 4 is 5.91 Å². The molecule has 1 aromatic heterocycles. The molecule has 0 spiro atoms. The molecule has 22 heavy (non-hydrogen) atoms. The van der Waals surface area contributed by atoms with Gasteiger partial charge in [0.25, 0.3) is 0 Å². The molecule has 1 aliphatic rings. The molecule has 0 radical (unpaired) electrons. The topological polar surface area (TPSA) is 54.0 Å². The minimum atomic E-state index is 0.0375. The third-order valence-corrected chi connectivity index (χ3v) is 4.06. The lowest BCUT2D eigenvalue weighted by Gasteiger charge is -2.27. The smallest absolute Gasteiger partial charge is 0.224 e. The molecule has 4 nitrogen and oxygen atoms in total. The van der Waals surface area contributed by atoms with E-state index in [2.05, 4.69) is 39.9 Å². The zero-order valence-electron chi connectivity index (χ0n) is 12.8. The summed E-state index contributed by atoms with van der Waals surface area (Å²) in [6.07, 6.45) is 3.19.